The van der Waals surface area contributed by atoms with E-state index in [0.717, 1.165) is 5.56 Å². The van der Waals surface area contributed by atoms with Crippen LogP contribution in [0.15, 0.2) is 18.2 Å². The molecule has 0 saturated carbocycles. The standard InChI is InChI=1S/C15H24N2O3/c1-11(16)12-7-8-13(14(10-12)19-4)20-9-5-6-15(18)17(2)3/h7-8,10-11H,5-6,9,16H2,1-4H3. The number of hydrogen-bond acceptors (Lipinski definition) is 4. The molecule has 2 N–H and O–H groups in total. The molecule has 5 heteroatoms. The number of rotatable bonds is 7. The lowest BCUT2D eigenvalue weighted by Gasteiger charge is -2.14. The molecule has 1 aromatic rings. The Morgan fingerprint density at radius 2 is 2.05 bits per heavy atom. The lowest BCUT2D eigenvalue weighted by atomic mass is 10.1. The number of carbonyl (C=O) groups is 1. The summed E-state index contributed by atoms with van der Waals surface area (Å²) in [6.45, 7) is 2.40. The molecule has 1 atom stereocenters. The Balaban J connectivity index is 2.53. The van der Waals surface area contributed by atoms with Crippen LogP contribution >= 0.6 is 0 Å². The molecule has 0 radical (unpaired) electrons. The highest BCUT2D eigenvalue weighted by atomic mass is 16.5. The van der Waals surface area contributed by atoms with Gasteiger partial charge in [-0.25, -0.2) is 0 Å². The van der Waals surface area contributed by atoms with Gasteiger partial charge in [0.25, 0.3) is 0 Å². The molecule has 1 aromatic carbocycles. The predicted octanol–water partition coefficient (Wildman–Crippen LogP) is 1.96. The van der Waals surface area contributed by atoms with E-state index in [1.54, 1.807) is 26.1 Å². The van der Waals surface area contributed by atoms with Crippen molar-refractivity contribution in [3.05, 3.63) is 23.8 Å². The van der Waals surface area contributed by atoms with Crippen LogP contribution in [-0.4, -0.2) is 38.6 Å². The zero-order chi connectivity index (χ0) is 15.1. The molecular formula is C15H24N2O3. The van der Waals surface area contributed by atoms with Crippen LogP contribution in [0.2, 0.25) is 0 Å². The molecule has 0 saturated heterocycles. The highest BCUT2D eigenvalue weighted by Gasteiger charge is 2.09. The van der Waals surface area contributed by atoms with Crippen molar-refractivity contribution in [3.63, 3.8) is 0 Å². The van der Waals surface area contributed by atoms with Crippen molar-refractivity contribution < 1.29 is 14.3 Å². The molecule has 1 rings (SSSR count). The maximum absolute atomic E-state index is 11.4. The summed E-state index contributed by atoms with van der Waals surface area (Å²) >= 11 is 0. The smallest absolute Gasteiger partial charge is 0.222 e. The van der Waals surface area contributed by atoms with Crippen molar-refractivity contribution in [2.75, 3.05) is 27.8 Å². The lowest BCUT2D eigenvalue weighted by molar-refractivity contribution is -0.128. The van der Waals surface area contributed by atoms with Crippen molar-refractivity contribution in [3.8, 4) is 11.5 Å². The zero-order valence-electron chi connectivity index (χ0n) is 12.7. The average molecular weight is 280 g/mol. The fourth-order valence-electron chi connectivity index (χ4n) is 1.72. The highest BCUT2D eigenvalue weighted by molar-refractivity contribution is 5.75. The molecule has 0 aromatic heterocycles. The van der Waals surface area contributed by atoms with E-state index in [0.29, 0.717) is 30.9 Å². The first kappa shape index (κ1) is 16.3. The number of benzene rings is 1. The molecule has 0 spiro atoms. The van der Waals surface area contributed by atoms with E-state index < -0.39 is 0 Å². The Morgan fingerprint density at radius 1 is 1.35 bits per heavy atom. The molecule has 1 amide bonds. The van der Waals surface area contributed by atoms with Gasteiger partial charge in [0.2, 0.25) is 5.91 Å². The van der Waals surface area contributed by atoms with Gasteiger partial charge in [-0.3, -0.25) is 4.79 Å². The summed E-state index contributed by atoms with van der Waals surface area (Å²) in [4.78, 5) is 13.0. The minimum atomic E-state index is -0.0457. The van der Waals surface area contributed by atoms with Gasteiger partial charge in [0.15, 0.2) is 11.5 Å². The second-order valence-electron chi connectivity index (χ2n) is 4.94. The fraction of sp³-hybridized carbons (Fsp3) is 0.533. The third-order valence-electron chi connectivity index (χ3n) is 3.00. The van der Waals surface area contributed by atoms with Crippen LogP contribution in [0.5, 0.6) is 11.5 Å². The monoisotopic (exact) mass is 280 g/mol. The van der Waals surface area contributed by atoms with E-state index in [1.165, 1.54) is 0 Å². The van der Waals surface area contributed by atoms with Crippen LogP contribution in [0.3, 0.4) is 0 Å². The SMILES string of the molecule is COc1cc(C(C)N)ccc1OCCCC(=O)N(C)C. The second-order valence-corrected chi connectivity index (χ2v) is 4.94. The summed E-state index contributed by atoms with van der Waals surface area (Å²) in [6.07, 6.45) is 1.16. The van der Waals surface area contributed by atoms with Gasteiger partial charge >= 0.3 is 0 Å². The summed E-state index contributed by atoms with van der Waals surface area (Å²) < 4.78 is 11.0. The van der Waals surface area contributed by atoms with Crippen LogP contribution in [-0.2, 0) is 4.79 Å². The summed E-state index contributed by atoms with van der Waals surface area (Å²) in [5.74, 6) is 1.45. The molecule has 0 aliphatic carbocycles. The lowest BCUT2D eigenvalue weighted by Crippen LogP contribution is -2.21. The number of hydrogen-bond donors (Lipinski definition) is 1. The largest absolute Gasteiger partial charge is 0.493 e. The topological polar surface area (TPSA) is 64.8 Å². The van der Waals surface area contributed by atoms with Crippen molar-refractivity contribution in [1.29, 1.82) is 0 Å². The van der Waals surface area contributed by atoms with Crippen LogP contribution < -0.4 is 15.2 Å². The van der Waals surface area contributed by atoms with E-state index in [2.05, 4.69) is 0 Å². The quantitative estimate of drug-likeness (QED) is 0.775. The molecule has 5 nitrogen and oxygen atoms in total. The zero-order valence-corrected chi connectivity index (χ0v) is 12.7. The maximum Gasteiger partial charge on any atom is 0.222 e. The summed E-state index contributed by atoms with van der Waals surface area (Å²) in [6, 6.07) is 5.61. The average Bonchev–Trinajstić information content (AvgIpc) is 2.42. The van der Waals surface area contributed by atoms with Gasteiger partial charge in [-0.05, 0) is 31.0 Å². The molecule has 112 valence electrons. The van der Waals surface area contributed by atoms with E-state index >= 15 is 0 Å². The summed E-state index contributed by atoms with van der Waals surface area (Å²) in [5.41, 5.74) is 6.83. The minimum absolute atomic E-state index is 0.0457. The molecule has 0 aliphatic rings. The van der Waals surface area contributed by atoms with E-state index in [-0.39, 0.29) is 11.9 Å². The Bertz CT molecular complexity index is 445. The predicted molar refractivity (Wildman–Crippen MR) is 79.0 cm³/mol. The Morgan fingerprint density at radius 3 is 2.60 bits per heavy atom. The van der Waals surface area contributed by atoms with Crippen LogP contribution in [0.25, 0.3) is 0 Å². The number of nitrogens with two attached hydrogens (primary N) is 1. The molecule has 0 fully saturated rings. The van der Waals surface area contributed by atoms with Gasteiger partial charge < -0.3 is 20.1 Å². The number of nitrogens with zero attached hydrogens (tertiary/aromatic N) is 1. The number of carbonyl (C=O) groups excluding carboxylic acids is 1. The van der Waals surface area contributed by atoms with E-state index in [9.17, 15) is 4.79 Å². The first-order valence-corrected chi connectivity index (χ1v) is 6.72. The van der Waals surface area contributed by atoms with Gasteiger partial charge in [-0.1, -0.05) is 6.07 Å². The summed E-state index contributed by atoms with van der Waals surface area (Å²) in [7, 11) is 5.10. The van der Waals surface area contributed by atoms with Crippen molar-refractivity contribution in [2.24, 2.45) is 5.73 Å². The van der Waals surface area contributed by atoms with E-state index in [4.69, 9.17) is 15.2 Å². The third-order valence-corrected chi connectivity index (χ3v) is 3.00. The van der Waals surface area contributed by atoms with Crippen molar-refractivity contribution in [1.82, 2.24) is 4.90 Å². The van der Waals surface area contributed by atoms with Crippen molar-refractivity contribution in [2.45, 2.75) is 25.8 Å². The van der Waals surface area contributed by atoms with Crippen LogP contribution in [0, 0.1) is 0 Å². The number of methoxy groups -OCH3 is 1. The first-order chi connectivity index (χ1) is 9.45. The molecule has 0 heterocycles. The maximum atomic E-state index is 11.4. The summed E-state index contributed by atoms with van der Waals surface area (Å²) in [5, 5.41) is 0. The first-order valence-electron chi connectivity index (χ1n) is 6.72. The van der Waals surface area contributed by atoms with Gasteiger partial charge in [-0.2, -0.15) is 0 Å². The van der Waals surface area contributed by atoms with Crippen molar-refractivity contribution >= 4 is 5.91 Å². The molecular weight excluding hydrogens is 256 g/mol. The molecule has 0 aliphatic heterocycles. The minimum Gasteiger partial charge on any atom is -0.493 e. The van der Waals surface area contributed by atoms with Crippen LogP contribution in [0.1, 0.15) is 31.4 Å². The Labute approximate surface area is 120 Å². The van der Waals surface area contributed by atoms with Gasteiger partial charge in [0, 0.05) is 26.6 Å². The molecule has 1 unspecified atom stereocenters. The highest BCUT2D eigenvalue weighted by Crippen LogP contribution is 2.29. The Kier molecular flexibility index (Phi) is 6.31. The van der Waals surface area contributed by atoms with Crippen LogP contribution in [0.4, 0.5) is 0 Å². The normalized spacial score (nSPS) is 11.8. The fourth-order valence-corrected chi connectivity index (χ4v) is 1.72. The second kappa shape index (κ2) is 7.75. The Hall–Kier alpha value is -1.75. The third kappa shape index (κ3) is 4.74. The van der Waals surface area contributed by atoms with E-state index in [1.807, 2.05) is 25.1 Å². The number of ether oxygens (including phenoxy) is 2. The molecule has 20 heavy (non-hydrogen) atoms. The van der Waals surface area contributed by atoms with Gasteiger partial charge in [0.1, 0.15) is 0 Å². The van der Waals surface area contributed by atoms with Gasteiger partial charge in [0.05, 0.1) is 13.7 Å². The molecule has 0 bridgehead atoms. The number of amides is 1. The van der Waals surface area contributed by atoms with Gasteiger partial charge in [-0.15, -0.1) is 0 Å².